The molecule has 2 aromatic carbocycles. The predicted molar refractivity (Wildman–Crippen MR) is 295 cm³/mol. The first-order chi connectivity index (χ1) is 37.3. The molecule has 20 N–H and O–H groups in total. The van der Waals surface area contributed by atoms with Crippen molar-refractivity contribution >= 4 is 97.6 Å². The van der Waals surface area contributed by atoms with Crippen LogP contribution >= 0.6 is 21.6 Å². The zero-order valence-electron chi connectivity index (χ0n) is 43.0. The molecule has 78 heavy (non-hydrogen) atoms. The fourth-order valence-corrected chi connectivity index (χ4v) is 10.4. The minimum Gasteiger partial charge on any atom is -0.370 e. The summed E-state index contributed by atoms with van der Waals surface area (Å²) in [5, 5.41) is 22.1. The average molecular weight is 1120 g/mol. The summed E-state index contributed by atoms with van der Waals surface area (Å²) in [5.74, 6) is -7.96. The molecular formula is C49H68N18O9S2. The molecule has 27 nitrogen and oxygen atoms in total. The van der Waals surface area contributed by atoms with Crippen LogP contribution in [0.5, 0.6) is 0 Å². The summed E-state index contributed by atoms with van der Waals surface area (Å²) in [5.41, 5.74) is 30.3. The number of benzene rings is 2. The Balaban J connectivity index is 1.55. The van der Waals surface area contributed by atoms with Gasteiger partial charge in [0.1, 0.15) is 48.3 Å². The van der Waals surface area contributed by atoms with Crippen molar-refractivity contribution in [3.8, 4) is 0 Å². The quantitative estimate of drug-likeness (QED) is 0.0202. The number of fused-ring (bicyclic) bond motifs is 1. The van der Waals surface area contributed by atoms with E-state index < -0.39 is 101 Å². The molecule has 0 saturated carbocycles. The van der Waals surface area contributed by atoms with Crippen LogP contribution in [0.15, 0.2) is 83.3 Å². The van der Waals surface area contributed by atoms with Crippen molar-refractivity contribution in [3.63, 3.8) is 0 Å². The number of guanidine groups is 2. The third-order valence-electron chi connectivity index (χ3n) is 12.1. The number of nitrogens with zero attached hydrogens (tertiary/aromatic N) is 3. The van der Waals surface area contributed by atoms with Gasteiger partial charge in [0.05, 0.1) is 6.33 Å². The van der Waals surface area contributed by atoms with Crippen molar-refractivity contribution in [3.05, 3.63) is 90.1 Å². The van der Waals surface area contributed by atoms with Gasteiger partial charge in [0.15, 0.2) is 11.9 Å². The van der Waals surface area contributed by atoms with Gasteiger partial charge in [-0.15, -0.1) is 0 Å². The number of aromatic nitrogens is 3. The molecule has 1 fully saturated rings. The van der Waals surface area contributed by atoms with E-state index in [-0.39, 0.29) is 81.5 Å². The average Bonchev–Trinajstić information content (AvgIpc) is 4.10. The lowest BCUT2D eigenvalue weighted by molar-refractivity contribution is -0.135. The fourth-order valence-electron chi connectivity index (χ4n) is 8.05. The van der Waals surface area contributed by atoms with E-state index in [4.69, 9.17) is 28.7 Å². The van der Waals surface area contributed by atoms with Gasteiger partial charge in [0.2, 0.25) is 53.2 Å². The highest BCUT2D eigenvalue weighted by Crippen LogP contribution is 2.24. The summed E-state index contributed by atoms with van der Waals surface area (Å²) in [7, 11) is 2.02. The smallest absolute Gasteiger partial charge is 0.244 e. The van der Waals surface area contributed by atoms with Gasteiger partial charge in [-0.2, -0.15) is 0 Å². The molecule has 5 rings (SSSR count). The summed E-state index contributed by atoms with van der Waals surface area (Å²) in [6.07, 6.45) is 4.53. The lowest BCUT2D eigenvalue weighted by Crippen LogP contribution is -2.61. The molecule has 1 aliphatic rings. The van der Waals surface area contributed by atoms with E-state index in [9.17, 15) is 43.2 Å². The number of imidazole rings is 1. The van der Waals surface area contributed by atoms with Crippen LogP contribution in [0, 0.1) is 0 Å². The number of nitrogens with one attached hydrogen (secondary N) is 10. The van der Waals surface area contributed by atoms with Crippen LogP contribution in [-0.4, -0.2) is 153 Å². The van der Waals surface area contributed by atoms with Gasteiger partial charge in [0, 0.05) is 79.8 Å². The van der Waals surface area contributed by atoms with E-state index in [1.807, 2.05) is 18.2 Å². The topological polar surface area (TPSA) is 449 Å². The standard InChI is InChI=1S/C49H68N18O9S2/c1-26-41(70)63-37(20-30-22-55-25-59-30)46(75)64-35(18-28-10-4-3-5-11-28)44(73)62-34(15-9-17-57-49(53)54)43(72)65-36(19-29-21-58-32-13-7-6-12-31(29)32)45(74)66-38(40(50)69)23-77-78-24-39(47(76)60-26)67-42(71)33(61-27(2)68)14-8-16-56-48(51)52/h3-7,10-13,21-22,25-26,33-39,58H,8-9,14-20,23-24H2,1-2H3,(H2,50,69)(H,55,59)(H,60,76)(H,61,68)(H,62,73)(H,63,70)(H,64,75)(H,65,72)(H,66,74)(H,67,71)(H4,51,52,56)(H4,53,54,57)/t26-,33+,34+,35-,36+,37+,38-,39-/m1/s1. The zero-order chi connectivity index (χ0) is 56.7. The Bertz CT molecular complexity index is 2770. The van der Waals surface area contributed by atoms with Gasteiger partial charge >= 0.3 is 0 Å². The van der Waals surface area contributed by atoms with Crippen molar-refractivity contribution in [2.75, 3.05) is 24.6 Å². The first-order valence-corrected chi connectivity index (χ1v) is 27.4. The molecule has 0 aliphatic carbocycles. The minimum atomic E-state index is -1.40. The van der Waals surface area contributed by atoms with E-state index in [1.54, 1.807) is 42.6 Å². The highest BCUT2D eigenvalue weighted by atomic mass is 33.1. The van der Waals surface area contributed by atoms with Gasteiger partial charge in [-0.25, -0.2) is 4.98 Å². The monoisotopic (exact) mass is 1120 g/mol. The van der Waals surface area contributed by atoms with Crippen LogP contribution in [0.4, 0.5) is 0 Å². The van der Waals surface area contributed by atoms with Gasteiger partial charge in [-0.3, -0.25) is 53.1 Å². The Morgan fingerprint density at radius 3 is 1.92 bits per heavy atom. The molecule has 0 radical (unpaired) electrons. The summed E-state index contributed by atoms with van der Waals surface area (Å²) >= 11 is 0. The first kappa shape index (κ1) is 60.5. The molecule has 4 aromatic rings. The molecule has 9 amide bonds. The summed E-state index contributed by atoms with van der Waals surface area (Å²) in [6.45, 7) is 2.74. The largest absolute Gasteiger partial charge is 0.370 e. The van der Waals surface area contributed by atoms with Gasteiger partial charge in [-0.05, 0) is 49.8 Å². The van der Waals surface area contributed by atoms with Crippen LogP contribution in [0.2, 0.25) is 0 Å². The molecule has 2 aromatic heterocycles. The molecule has 1 saturated heterocycles. The molecule has 1 aliphatic heterocycles. The van der Waals surface area contributed by atoms with Crippen molar-refractivity contribution in [2.24, 2.45) is 38.7 Å². The number of carbonyl (C=O) groups excluding carboxylic acids is 9. The SMILES string of the molecule is CC(=O)N[C@@H](CCCN=C(N)N)C(=O)N[C@@H]1CSSC[C@H](C(N)=O)NC(=O)[C@H](Cc2c[nH]c3ccccc23)NC(=O)[C@H](CCCN=C(N)N)NC(=O)[C@@H](Cc2ccccc2)NC(=O)[C@H](Cc2cnc[nH]2)NC(=O)[C@@H](C)NC1=O. The van der Waals surface area contributed by atoms with Gasteiger partial charge < -0.3 is 81.2 Å². The van der Waals surface area contributed by atoms with Crippen molar-refractivity contribution < 1.29 is 43.2 Å². The molecular weight excluding hydrogens is 1050 g/mol. The lowest BCUT2D eigenvalue weighted by Gasteiger charge is -2.27. The minimum absolute atomic E-state index is 0.0573. The normalized spacial score (nSPS) is 21.7. The Hall–Kier alpha value is -8.34. The molecule has 420 valence electrons. The Kier molecular flexibility index (Phi) is 23.6. The fraction of sp³-hybridized carbons (Fsp3) is 0.429. The van der Waals surface area contributed by atoms with E-state index in [2.05, 4.69) is 67.5 Å². The predicted octanol–water partition coefficient (Wildman–Crippen LogP) is -3.18. The van der Waals surface area contributed by atoms with E-state index in [1.165, 1.54) is 26.4 Å². The Labute approximate surface area is 457 Å². The molecule has 29 heteroatoms. The molecule has 0 unspecified atom stereocenters. The maximum Gasteiger partial charge on any atom is 0.244 e. The van der Waals surface area contributed by atoms with Crippen LogP contribution in [0.25, 0.3) is 10.9 Å². The number of primary amides is 1. The third kappa shape index (κ3) is 19.7. The summed E-state index contributed by atoms with van der Waals surface area (Å²) in [4.78, 5) is 144. The second-order valence-corrected chi connectivity index (χ2v) is 20.8. The van der Waals surface area contributed by atoms with Crippen LogP contribution in [0.3, 0.4) is 0 Å². The van der Waals surface area contributed by atoms with Crippen molar-refractivity contribution in [1.82, 2.24) is 57.5 Å². The van der Waals surface area contributed by atoms with Gasteiger partial charge in [-0.1, -0.05) is 70.1 Å². The van der Waals surface area contributed by atoms with Gasteiger partial charge in [0.25, 0.3) is 0 Å². The maximum absolute atomic E-state index is 14.6. The number of nitrogens with two attached hydrogens (primary N) is 5. The third-order valence-corrected chi connectivity index (χ3v) is 14.5. The van der Waals surface area contributed by atoms with E-state index >= 15 is 0 Å². The van der Waals surface area contributed by atoms with Crippen molar-refractivity contribution in [1.29, 1.82) is 0 Å². The molecule has 0 spiro atoms. The van der Waals surface area contributed by atoms with Crippen LogP contribution in [-0.2, 0) is 62.4 Å². The lowest BCUT2D eigenvalue weighted by atomic mass is 10.0. The number of hydrogen-bond acceptors (Lipinski definition) is 14. The summed E-state index contributed by atoms with van der Waals surface area (Å²) in [6, 6.07) is 5.16. The molecule has 0 bridgehead atoms. The van der Waals surface area contributed by atoms with Crippen molar-refractivity contribution in [2.45, 2.75) is 107 Å². The van der Waals surface area contributed by atoms with Crippen LogP contribution < -0.4 is 71.2 Å². The second kappa shape index (κ2) is 30.4. The number of para-hydroxylation sites is 1. The number of aromatic amines is 2. The Morgan fingerprint density at radius 1 is 0.679 bits per heavy atom. The summed E-state index contributed by atoms with van der Waals surface area (Å²) < 4.78 is 0. The second-order valence-electron chi connectivity index (χ2n) is 18.3. The number of H-pyrrole nitrogens is 2. The maximum atomic E-state index is 14.6. The van der Waals surface area contributed by atoms with E-state index in [0.717, 1.165) is 32.5 Å². The zero-order valence-corrected chi connectivity index (χ0v) is 44.7. The first-order valence-electron chi connectivity index (χ1n) is 24.9. The highest BCUT2D eigenvalue weighted by Gasteiger charge is 2.35. The number of amides is 9. The number of carbonyl (C=O) groups is 9. The molecule has 3 heterocycles. The Morgan fingerprint density at radius 2 is 1.27 bits per heavy atom. The number of aliphatic imine (C=N–C) groups is 2. The van der Waals surface area contributed by atoms with Crippen LogP contribution in [0.1, 0.15) is 56.4 Å². The number of hydrogen-bond donors (Lipinski definition) is 15. The van der Waals surface area contributed by atoms with E-state index in [0.29, 0.717) is 16.8 Å². The number of rotatable bonds is 18. The highest BCUT2D eigenvalue weighted by molar-refractivity contribution is 8.76. The molecule has 8 atom stereocenters.